The molecule has 2 amide bonds. The molecule has 1 fully saturated rings. The fourth-order valence-electron chi connectivity index (χ4n) is 3.36. The van der Waals surface area contributed by atoms with Gasteiger partial charge in [-0.2, -0.15) is 0 Å². The summed E-state index contributed by atoms with van der Waals surface area (Å²) in [5.41, 5.74) is 9.18. The van der Waals surface area contributed by atoms with E-state index in [9.17, 15) is 9.59 Å². The van der Waals surface area contributed by atoms with Crippen molar-refractivity contribution in [3.8, 4) is 0 Å². The molecule has 1 aromatic carbocycles. The molecule has 0 spiro atoms. The minimum absolute atomic E-state index is 0.244. The van der Waals surface area contributed by atoms with Crippen LogP contribution < -0.4 is 11.2 Å². The van der Waals surface area contributed by atoms with E-state index in [1.54, 1.807) is 0 Å². The van der Waals surface area contributed by atoms with Crippen LogP contribution in [-0.4, -0.2) is 24.7 Å². The van der Waals surface area contributed by atoms with Crippen molar-refractivity contribution in [2.24, 2.45) is 23.5 Å². The molecule has 6 nitrogen and oxygen atoms in total. The third-order valence-electron chi connectivity index (χ3n) is 4.84. The van der Waals surface area contributed by atoms with Gasteiger partial charge in [-0.1, -0.05) is 56.3 Å². The Bertz CT molecular complexity index is 639. The Hall–Kier alpha value is -2.18. The first kappa shape index (κ1) is 22.1. The molecule has 2 rings (SSSR count). The Balaban J connectivity index is 2.05. The van der Waals surface area contributed by atoms with Crippen molar-refractivity contribution in [2.75, 3.05) is 6.61 Å². The van der Waals surface area contributed by atoms with Gasteiger partial charge in [-0.25, -0.2) is 10.3 Å². The highest BCUT2D eigenvalue weighted by molar-refractivity contribution is 5.86. The van der Waals surface area contributed by atoms with Crippen molar-refractivity contribution in [2.45, 2.75) is 52.2 Å². The Morgan fingerprint density at radius 1 is 1.25 bits per heavy atom. The van der Waals surface area contributed by atoms with Crippen LogP contribution in [0, 0.1) is 17.8 Å². The summed E-state index contributed by atoms with van der Waals surface area (Å²) in [6.07, 6.45) is 7.11. The molecule has 6 heteroatoms. The van der Waals surface area contributed by atoms with Crippen molar-refractivity contribution in [3.63, 3.8) is 0 Å². The van der Waals surface area contributed by atoms with Gasteiger partial charge in [-0.3, -0.25) is 9.59 Å². The average molecular weight is 389 g/mol. The Morgan fingerprint density at radius 3 is 2.61 bits per heavy atom. The molecular weight excluding hydrogens is 356 g/mol. The second-order valence-corrected chi connectivity index (χ2v) is 7.67. The first-order chi connectivity index (χ1) is 13.5. The molecule has 154 valence electrons. The lowest BCUT2D eigenvalue weighted by Gasteiger charge is -2.26. The van der Waals surface area contributed by atoms with Gasteiger partial charge in [0.25, 0.3) is 0 Å². The number of nitrogens with one attached hydrogen (secondary N) is 1. The number of rotatable bonds is 10. The molecule has 1 heterocycles. The zero-order valence-corrected chi connectivity index (χ0v) is 16.8. The van der Waals surface area contributed by atoms with Crippen LogP contribution in [0.2, 0.25) is 0 Å². The molecule has 1 aliphatic heterocycles. The SMILES string of the molecule is CC(C)C[C@@H](C(N)=O)[C@H](CC=Cc1ccccc1)C(=O)NOC1CCCCO1. The zero-order chi connectivity index (χ0) is 20.4. The quantitative estimate of drug-likeness (QED) is 0.601. The number of primary amides is 1. The summed E-state index contributed by atoms with van der Waals surface area (Å²) < 4.78 is 5.48. The molecule has 28 heavy (non-hydrogen) atoms. The van der Waals surface area contributed by atoms with Gasteiger partial charge in [0.15, 0.2) is 6.29 Å². The predicted molar refractivity (Wildman–Crippen MR) is 109 cm³/mol. The molecule has 0 saturated carbocycles. The van der Waals surface area contributed by atoms with Crippen molar-refractivity contribution in [1.82, 2.24) is 5.48 Å². The van der Waals surface area contributed by atoms with E-state index in [0.29, 0.717) is 19.4 Å². The van der Waals surface area contributed by atoms with Gasteiger partial charge in [-0.05, 0) is 37.2 Å². The minimum atomic E-state index is -0.594. The number of benzene rings is 1. The van der Waals surface area contributed by atoms with E-state index in [2.05, 4.69) is 5.48 Å². The highest BCUT2D eigenvalue weighted by atomic mass is 16.8. The summed E-state index contributed by atoms with van der Waals surface area (Å²) in [6.45, 7) is 4.65. The largest absolute Gasteiger partial charge is 0.369 e. The van der Waals surface area contributed by atoms with Crippen LogP contribution in [0.15, 0.2) is 36.4 Å². The van der Waals surface area contributed by atoms with Crippen LogP contribution >= 0.6 is 0 Å². The van der Waals surface area contributed by atoms with Crippen molar-refractivity contribution in [1.29, 1.82) is 0 Å². The molecule has 0 aromatic heterocycles. The Kier molecular flexibility index (Phi) is 9.17. The number of allylic oxidation sites excluding steroid dienone is 1. The lowest BCUT2D eigenvalue weighted by Crippen LogP contribution is -2.42. The van der Waals surface area contributed by atoms with Crippen LogP contribution in [-0.2, 0) is 19.2 Å². The summed E-state index contributed by atoms with van der Waals surface area (Å²) in [5.74, 6) is -1.71. The molecule has 0 bridgehead atoms. The van der Waals surface area contributed by atoms with Gasteiger partial charge in [0, 0.05) is 18.9 Å². The molecule has 1 aromatic rings. The maximum atomic E-state index is 12.8. The summed E-state index contributed by atoms with van der Waals surface area (Å²) in [6, 6.07) is 9.81. The molecule has 3 atom stereocenters. The van der Waals surface area contributed by atoms with Crippen molar-refractivity contribution < 1.29 is 19.2 Å². The van der Waals surface area contributed by atoms with E-state index < -0.39 is 24.0 Å². The van der Waals surface area contributed by atoms with Crippen molar-refractivity contribution >= 4 is 17.9 Å². The van der Waals surface area contributed by atoms with E-state index in [4.69, 9.17) is 15.3 Å². The van der Waals surface area contributed by atoms with E-state index in [-0.39, 0.29) is 11.8 Å². The van der Waals surface area contributed by atoms with Gasteiger partial charge in [0.2, 0.25) is 11.8 Å². The van der Waals surface area contributed by atoms with Gasteiger partial charge >= 0.3 is 0 Å². The number of hydrogen-bond donors (Lipinski definition) is 2. The number of carbonyl (C=O) groups excluding carboxylic acids is 2. The van der Waals surface area contributed by atoms with E-state index in [1.807, 2.05) is 56.3 Å². The first-order valence-corrected chi connectivity index (χ1v) is 10.1. The maximum Gasteiger partial charge on any atom is 0.247 e. The first-order valence-electron chi connectivity index (χ1n) is 10.1. The molecular formula is C22H32N2O4. The second kappa shape index (κ2) is 11.6. The number of hydrogen-bond acceptors (Lipinski definition) is 4. The number of nitrogens with two attached hydrogens (primary N) is 1. The fraction of sp³-hybridized carbons (Fsp3) is 0.545. The standard InChI is InChI=1S/C22H32N2O4/c1-16(2)15-19(21(23)25)18(12-8-11-17-9-4-3-5-10-17)22(26)24-28-20-13-6-7-14-27-20/h3-5,8-11,16,18-20H,6-7,12-15H2,1-2H3,(H2,23,25)(H,24,26)/t18-,19+,20?/m0/s1. The summed E-state index contributed by atoms with van der Waals surface area (Å²) in [7, 11) is 0. The van der Waals surface area contributed by atoms with E-state index in [0.717, 1.165) is 24.8 Å². The van der Waals surface area contributed by atoms with Gasteiger partial charge in [-0.15, -0.1) is 0 Å². The van der Waals surface area contributed by atoms with Crippen LogP contribution in [0.1, 0.15) is 51.5 Å². The monoisotopic (exact) mass is 388 g/mol. The Labute approximate surface area is 167 Å². The van der Waals surface area contributed by atoms with Crippen LogP contribution in [0.5, 0.6) is 0 Å². The second-order valence-electron chi connectivity index (χ2n) is 7.67. The Morgan fingerprint density at radius 2 is 2.00 bits per heavy atom. The summed E-state index contributed by atoms with van der Waals surface area (Å²) >= 11 is 0. The fourth-order valence-corrected chi connectivity index (χ4v) is 3.36. The summed E-state index contributed by atoms with van der Waals surface area (Å²) in [5, 5.41) is 0. The van der Waals surface area contributed by atoms with Crippen molar-refractivity contribution in [3.05, 3.63) is 42.0 Å². The van der Waals surface area contributed by atoms with Crippen LogP contribution in [0.4, 0.5) is 0 Å². The van der Waals surface area contributed by atoms with E-state index in [1.165, 1.54) is 0 Å². The molecule has 0 radical (unpaired) electrons. The lowest BCUT2D eigenvalue weighted by atomic mass is 9.82. The minimum Gasteiger partial charge on any atom is -0.369 e. The van der Waals surface area contributed by atoms with Crippen LogP contribution in [0.3, 0.4) is 0 Å². The van der Waals surface area contributed by atoms with Gasteiger partial charge in [0.05, 0.1) is 5.92 Å². The topological polar surface area (TPSA) is 90.7 Å². The highest BCUT2D eigenvalue weighted by Crippen LogP contribution is 2.25. The predicted octanol–water partition coefficient (Wildman–Crippen LogP) is 3.43. The molecule has 1 saturated heterocycles. The van der Waals surface area contributed by atoms with E-state index >= 15 is 0 Å². The average Bonchev–Trinajstić information content (AvgIpc) is 2.69. The highest BCUT2D eigenvalue weighted by Gasteiger charge is 2.33. The third-order valence-corrected chi connectivity index (χ3v) is 4.84. The third kappa shape index (κ3) is 7.44. The molecule has 1 aliphatic rings. The smallest absolute Gasteiger partial charge is 0.247 e. The van der Waals surface area contributed by atoms with Crippen LogP contribution in [0.25, 0.3) is 6.08 Å². The number of amides is 2. The molecule has 1 unspecified atom stereocenters. The van der Waals surface area contributed by atoms with Gasteiger partial charge < -0.3 is 10.5 Å². The number of ether oxygens (including phenoxy) is 1. The lowest BCUT2D eigenvalue weighted by molar-refractivity contribution is -0.202. The molecule has 0 aliphatic carbocycles. The van der Waals surface area contributed by atoms with Gasteiger partial charge in [0.1, 0.15) is 0 Å². The molecule has 3 N–H and O–H groups in total. The number of carbonyl (C=O) groups is 2. The number of hydroxylamine groups is 1. The zero-order valence-electron chi connectivity index (χ0n) is 16.8. The normalized spacial score (nSPS) is 19.5. The maximum absolute atomic E-state index is 12.8. The summed E-state index contributed by atoms with van der Waals surface area (Å²) in [4.78, 5) is 30.3.